The first kappa shape index (κ1) is 13.2. The van der Waals surface area contributed by atoms with Crippen LogP contribution in [-0.2, 0) is 6.61 Å². The molecule has 0 spiro atoms. The van der Waals surface area contributed by atoms with Crippen LogP contribution in [0.1, 0.15) is 5.56 Å². The molecule has 2 aromatic carbocycles. The number of methoxy groups -OCH3 is 1. The Morgan fingerprint density at radius 3 is 2.38 bits per heavy atom. The van der Waals surface area contributed by atoms with Crippen molar-refractivity contribution in [2.75, 3.05) is 7.11 Å². The van der Waals surface area contributed by atoms with Crippen molar-refractivity contribution in [1.29, 1.82) is 0 Å². The standard InChI is InChI=1S/C17H16N2O2/c1-20-17-11-18-19(12-17)15-7-9-16(10-8-15)21-13-14-5-3-2-4-6-14/h2-12H,13H2,1H3. The van der Waals surface area contributed by atoms with Gasteiger partial charge < -0.3 is 9.47 Å². The minimum atomic E-state index is 0.565. The van der Waals surface area contributed by atoms with Crippen LogP contribution in [-0.4, -0.2) is 16.9 Å². The van der Waals surface area contributed by atoms with E-state index >= 15 is 0 Å². The Hall–Kier alpha value is -2.75. The molecule has 106 valence electrons. The van der Waals surface area contributed by atoms with Crippen LogP contribution >= 0.6 is 0 Å². The molecule has 0 saturated heterocycles. The van der Waals surface area contributed by atoms with Crippen molar-refractivity contribution in [1.82, 2.24) is 9.78 Å². The first-order valence-electron chi connectivity index (χ1n) is 6.71. The van der Waals surface area contributed by atoms with E-state index < -0.39 is 0 Å². The molecule has 21 heavy (non-hydrogen) atoms. The summed E-state index contributed by atoms with van der Waals surface area (Å²) < 4.78 is 12.6. The van der Waals surface area contributed by atoms with E-state index in [1.54, 1.807) is 18.0 Å². The molecule has 3 aromatic rings. The molecule has 4 nitrogen and oxygen atoms in total. The van der Waals surface area contributed by atoms with Crippen LogP contribution in [0.3, 0.4) is 0 Å². The highest BCUT2D eigenvalue weighted by Gasteiger charge is 2.01. The SMILES string of the molecule is COc1cnn(-c2ccc(OCc3ccccc3)cc2)c1. The second kappa shape index (κ2) is 6.13. The first-order chi connectivity index (χ1) is 10.3. The maximum absolute atomic E-state index is 5.75. The van der Waals surface area contributed by atoms with Crippen molar-refractivity contribution in [3.8, 4) is 17.2 Å². The number of hydrogen-bond acceptors (Lipinski definition) is 3. The number of aromatic nitrogens is 2. The van der Waals surface area contributed by atoms with Gasteiger partial charge in [0, 0.05) is 0 Å². The predicted molar refractivity (Wildman–Crippen MR) is 80.9 cm³/mol. The largest absolute Gasteiger partial charge is 0.493 e. The number of benzene rings is 2. The lowest BCUT2D eigenvalue weighted by molar-refractivity contribution is 0.306. The smallest absolute Gasteiger partial charge is 0.157 e. The van der Waals surface area contributed by atoms with Gasteiger partial charge in [-0.3, -0.25) is 0 Å². The zero-order valence-electron chi connectivity index (χ0n) is 11.8. The van der Waals surface area contributed by atoms with Gasteiger partial charge in [0.25, 0.3) is 0 Å². The van der Waals surface area contributed by atoms with Crippen molar-refractivity contribution in [3.63, 3.8) is 0 Å². The van der Waals surface area contributed by atoms with Crippen LogP contribution in [0.5, 0.6) is 11.5 Å². The van der Waals surface area contributed by atoms with E-state index in [0.29, 0.717) is 6.61 Å². The Morgan fingerprint density at radius 1 is 0.952 bits per heavy atom. The van der Waals surface area contributed by atoms with E-state index in [0.717, 1.165) is 22.7 Å². The summed E-state index contributed by atoms with van der Waals surface area (Å²) in [4.78, 5) is 0. The summed E-state index contributed by atoms with van der Waals surface area (Å²) in [5.41, 5.74) is 2.11. The summed E-state index contributed by atoms with van der Waals surface area (Å²) in [6.07, 6.45) is 3.51. The van der Waals surface area contributed by atoms with E-state index in [2.05, 4.69) is 5.10 Å². The topological polar surface area (TPSA) is 36.3 Å². The number of hydrogen-bond donors (Lipinski definition) is 0. The molecule has 0 radical (unpaired) electrons. The Balaban J connectivity index is 1.66. The Bertz CT molecular complexity index is 690. The zero-order valence-corrected chi connectivity index (χ0v) is 11.8. The fourth-order valence-electron chi connectivity index (χ4n) is 1.99. The quantitative estimate of drug-likeness (QED) is 0.718. The fraction of sp³-hybridized carbons (Fsp3) is 0.118. The van der Waals surface area contributed by atoms with Crippen molar-refractivity contribution in [2.45, 2.75) is 6.61 Å². The van der Waals surface area contributed by atoms with Gasteiger partial charge in [-0.05, 0) is 29.8 Å². The third-order valence-corrected chi connectivity index (χ3v) is 3.14. The van der Waals surface area contributed by atoms with Crippen LogP contribution in [0.4, 0.5) is 0 Å². The lowest BCUT2D eigenvalue weighted by atomic mass is 10.2. The van der Waals surface area contributed by atoms with Crippen molar-refractivity contribution < 1.29 is 9.47 Å². The molecule has 1 aromatic heterocycles. The molecule has 0 atom stereocenters. The van der Waals surface area contributed by atoms with Crippen molar-refractivity contribution >= 4 is 0 Å². The first-order valence-corrected chi connectivity index (χ1v) is 6.71. The van der Waals surface area contributed by atoms with E-state index in [1.165, 1.54) is 0 Å². The van der Waals surface area contributed by atoms with Gasteiger partial charge in [0.1, 0.15) is 12.4 Å². The molecule has 0 fully saturated rings. The van der Waals surface area contributed by atoms with Gasteiger partial charge in [0.2, 0.25) is 0 Å². The van der Waals surface area contributed by atoms with E-state index in [1.807, 2.05) is 60.8 Å². The van der Waals surface area contributed by atoms with Gasteiger partial charge in [-0.15, -0.1) is 0 Å². The minimum Gasteiger partial charge on any atom is -0.493 e. The number of nitrogens with zero attached hydrogens (tertiary/aromatic N) is 2. The third-order valence-electron chi connectivity index (χ3n) is 3.14. The van der Waals surface area contributed by atoms with Crippen LogP contribution < -0.4 is 9.47 Å². The van der Waals surface area contributed by atoms with Crippen molar-refractivity contribution in [3.05, 3.63) is 72.6 Å². The average molecular weight is 280 g/mol. The van der Waals surface area contributed by atoms with Gasteiger partial charge in [0.15, 0.2) is 5.75 Å². The molecule has 3 rings (SSSR count). The van der Waals surface area contributed by atoms with E-state index in [9.17, 15) is 0 Å². The van der Waals surface area contributed by atoms with Crippen LogP contribution in [0.15, 0.2) is 67.0 Å². The maximum Gasteiger partial charge on any atom is 0.157 e. The normalized spacial score (nSPS) is 10.3. The minimum absolute atomic E-state index is 0.565. The molecule has 4 heteroatoms. The van der Waals surface area contributed by atoms with Crippen LogP contribution in [0.2, 0.25) is 0 Å². The molecule has 0 saturated carbocycles. The molecule has 0 unspecified atom stereocenters. The Labute approximate surface area is 123 Å². The third kappa shape index (κ3) is 3.23. The molecular weight excluding hydrogens is 264 g/mol. The van der Waals surface area contributed by atoms with Crippen LogP contribution in [0.25, 0.3) is 5.69 Å². The molecular formula is C17H16N2O2. The number of ether oxygens (including phenoxy) is 2. The molecule has 0 N–H and O–H groups in total. The average Bonchev–Trinajstić information content (AvgIpc) is 3.03. The van der Waals surface area contributed by atoms with Crippen LogP contribution in [0, 0.1) is 0 Å². The summed E-state index contributed by atoms with van der Waals surface area (Å²) in [5, 5.41) is 4.23. The highest BCUT2D eigenvalue weighted by atomic mass is 16.5. The lowest BCUT2D eigenvalue weighted by Gasteiger charge is -2.07. The Kier molecular flexibility index (Phi) is 3.87. The fourth-order valence-corrected chi connectivity index (χ4v) is 1.99. The van der Waals surface area contributed by atoms with Gasteiger partial charge >= 0.3 is 0 Å². The predicted octanol–water partition coefficient (Wildman–Crippen LogP) is 3.46. The summed E-state index contributed by atoms with van der Waals surface area (Å²) in [6.45, 7) is 0.565. The number of rotatable bonds is 5. The van der Waals surface area contributed by atoms with Gasteiger partial charge in [-0.2, -0.15) is 5.10 Å². The monoisotopic (exact) mass is 280 g/mol. The van der Waals surface area contributed by atoms with E-state index in [4.69, 9.17) is 9.47 Å². The molecule has 0 aliphatic heterocycles. The van der Waals surface area contributed by atoms with Gasteiger partial charge in [-0.25, -0.2) is 4.68 Å². The van der Waals surface area contributed by atoms with E-state index in [-0.39, 0.29) is 0 Å². The highest BCUT2D eigenvalue weighted by Crippen LogP contribution is 2.18. The summed E-state index contributed by atoms with van der Waals surface area (Å²) in [5.74, 6) is 1.57. The highest BCUT2D eigenvalue weighted by molar-refractivity contribution is 5.37. The zero-order chi connectivity index (χ0) is 14.5. The molecule has 0 bridgehead atoms. The van der Waals surface area contributed by atoms with Gasteiger partial charge in [0.05, 0.1) is 25.2 Å². The second-order valence-corrected chi connectivity index (χ2v) is 4.59. The lowest BCUT2D eigenvalue weighted by Crippen LogP contribution is -1.97. The Morgan fingerprint density at radius 2 is 1.71 bits per heavy atom. The second-order valence-electron chi connectivity index (χ2n) is 4.59. The molecule has 0 aliphatic rings. The molecule has 1 heterocycles. The molecule has 0 amide bonds. The maximum atomic E-state index is 5.75. The molecule has 0 aliphatic carbocycles. The van der Waals surface area contributed by atoms with Gasteiger partial charge in [-0.1, -0.05) is 30.3 Å². The summed E-state index contributed by atoms with van der Waals surface area (Å²) >= 11 is 0. The summed E-state index contributed by atoms with van der Waals surface area (Å²) in [7, 11) is 1.63. The summed E-state index contributed by atoms with van der Waals surface area (Å²) in [6, 6.07) is 17.9. The van der Waals surface area contributed by atoms with Crippen molar-refractivity contribution in [2.24, 2.45) is 0 Å².